The minimum absolute atomic E-state index is 0.152. The van der Waals surface area contributed by atoms with Crippen molar-refractivity contribution < 1.29 is 14.6 Å². The highest BCUT2D eigenvalue weighted by molar-refractivity contribution is 5.78. The first-order chi connectivity index (χ1) is 13.0. The lowest BCUT2D eigenvalue weighted by molar-refractivity contribution is 0.143. The van der Waals surface area contributed by atoms with E-state index in [4.69, 9.17) is 15.6 Å². The van der Waals surface area contributed by atoms with Gasteiger partial charge in [0.05, 0.1) is 5.52 Å². The van der Waals surface area contributed by atoms with Gasteiger partial charge in [0.1, 0.15) is 0 Å². The largest absolute Gasteiger partial charge is 0.511 e. The summed E-state index contributed by atoms with van der Waals surface area (Å²) < 4.78 is 6.22. The van der Waals surface area contributed by atoms with Gasteiger partial charge in [0.2, 0.25) is 0 Å². The molecule has 1 fully saturated rings. The van der Waals surface area contributed by atoms with Crippen LogP contribution in [-0.2, 0) is 6.54 Å². The van der Waals surface area contributed by atoms with Gasteiger partial charge in [0.15, 0.2) is 5.75 Å². The van der Waals surface area contributed by atoms with Gasteiger partial charge in [-0.25, -0.2) is 4.79 Å². The van der Waals surface area contributed by atoms with Crippen LogP contribution in [0.4, 0.5) is 4.79 Å². The summed E-state index contributed by atoms with van der Waals surface area (Å²) in [7, 11) is 0. The molecule has 0 aliphatic heterocycles. The van der Waals surface area contributed by atoms with Gasteiger partial charge in [0, 0.05) is 12.7 Å². The molecule has 0 radical (unpaired) electrons. The third kappa shape index (κ3) is 3.08. The van der Waals surface area contributed by atoms with Crippen LogP contribution in [0.15, 0.2) is 47.4 Å². The molecule has 0 atom stereocenters. The number of nitrogens with two attached hydrogens (primary N) is 1. The van der Waals surface area contributed by atoms with E-state index in [1.165, 1.54) is 4.40 Å². The molecular weight excluding hydrogens is 344 g/mol. The Hall–Kier alpha value is -3.12. The normalized spacial score (nSPS) is 13.7. The highest BCUT2D eigenvalue weighted by atomic mass is 16.7. The number of ether oxygens (including phenoxy) is 1. The number of carboxylic acid groups (broad SMARTS) is 1. The van der Waals surface area contributed by atoms with Crippen LogP contribution >= 0.6 is 0 Å². The van der Waals surface area contributed by atoms with Crippen molar-refractivity contribution in [2.24, 2.45) is 5.73 Å². The average molecular weight is 364 g/mol. The molecule has 2 aromatic heterocycles. The zero-order valence-electron chi connectivity index (χ0n) is 14.9. The van der Waals surface area contributed by atoms with Crippen molar-refractivity contribution in [3.05, 3.63) is 69.6 Å². The molecule has 6 nitrogen and oxygen atoms in total. The van der Waals surface area contributed by atoms with E-state index >= 15 is 0 Å². The topological polar surface area (TPSA) is 94.0 Å². The van der Waals surface area contributed by atoms with Gasteiger partial charge in [-0.2, -0.15) is 0 Å². The smallest absolute Gasteiger partial charge is 0.449 e. The van der Waals surface area contributed by atoms with E-state index in [2.05, 4.69) is 0 Å². The summed E-state index contributed by atoms with van der Waals surface area (Å²) in [6.07, 6.45) is 2.25. The maximum absolute atomic E-state index is 12.7. The van der Waals surface area contributed by atoms with Crippen molar-refractivity contribution in [2.45, 2.75) is 32.2 Å². The maximum atomic E-state index is 12.7. The Morgan fingerprint density at radius 3 is 2.56 bits per heavy atom. The number of pyridine rings is 2. The summed E-state index contributed by atoms with van der Waals surface area (Å²) in [5, 5.41) is 8.92. The molecule has 0 spiro atoms. The second-order valence-corrected chi connectivity index (χ2v) is 6.89. The Bertz CT molecular complexity index is 1100. The van der Waals surface area contributed by atoms with E-state index in [1.54, 1.807) is 12.3 Å². The number of benzene rings is 1. The van der Waals surface area contributed by atoms with E-state index in [-0.39, 0.29) is 5.75 Å². The van der Waals surface area contributed by atoms with Crippen molar-refractivity contribution in [3.63, 3.8) is 0 Å². The molecule has 138 valence electrons. The Morgan fingerprint density at radius 1 is 1.26 bits per heavy atom. The van der Waals surface area contributed by atoms with E-state index in [9.17, 15) is 9.59 Å². The van der Waals surface area contributed by atoms with Crippen molar-refractivity contribution in [2.75, 3.05) is 0 Å². The first kappa shape index (κ1) is 17.3. The molecular formula is C21H20N2O4. The molecule has 1 aliphatic rings. The van der Waals surface area contributed by atoms with Gasteiger partial charge in [-0.15, -0.1) is 0 Å². The predicted molar refractivity (Wildman–Crippen MR) is 102 cm³/mol. The van der Waals surface area contributed by atoms with Crippen LogP contribution in [0.1, 0.15) is 35.4 Å². The minimum Gasteiger partial charge on any atom is -0.449 e. The quantitative estimate of drug-likeness (QED) is 0.689. The van der Waals surface area contributed by atoms with Gasteiger partial charge in [-0.3, -0.25) is 9.20 Å². The second-order valence-electron chi connectivity index (χ2n) is 6.89. The van der Waals surface area contributed by atoms with Gasteiger partial charge < -0.3 is 15.6 Å². The molecule has 4 rings (SSSR count). The first-order valence-corrected chi connectivity index (χ1v) is 8.88. The number of fused-ring (bicyclic) bond motifs is 1. The van der Waals surface area contributed by atoms with E-state index in [1.807, 2.05) is 37.3 Å². The van der Waals surface area contributed by atoms with Crippen LogP contribution in [0.2, 0.25) is 0 Å². The predicted octanol–water partition coefficient (Wildman–Crippen LogP) is 3.67. The third-order valence-corrected chi connectivity index (χ3v) is 5.10. The van der Waals surface area contributed by atoms with Gasteiger partial charge in [-0.05, 0) is 65.6 Å². The van der Waals surface area contributed by atoms with Crippen molar-refractivity contribution in [1.29, 1.82) is 0 Å². The summed E-state index contributed by atoms with van der Waals surface area (Å²) in [6, 6.07) is 11.5. The summed E-state index contributed by atoms with van der Waals surface area (Å²) in [5.74, 6) is 0.173. The number of nitrogens with zero attached hydrogens (tertiary/aromatic N) is 1. The van der Waals surface area contributed by atoms with Crippen LogP contribution in [0.5, 0.6) is 5.75 Å². The summed E-state index contributed by atoms with van der Waals surface area (Å²) in [5.41, 5.74) is 11.1. The standard InChI is InChI=1S/C21H20N2O4/c1-12-16(14-4-2-13(11-22)3-5-14)8-9-23-19(12)17(15-6-7-15)10-18(20(23)24)27-21(25)26/h2-5,8-10,15H,6-7,11,22H2,1H3,(H,25,26). The molecule has 0 bridgehead atoms. The fraction of sp³-hybridized carbons (Fsp3) is 0.238. The molecule has 1 aliphatic carbocycles. The van der Waals surface area contributed by atoms with Crippen molar-refractivity contribution in [3.8, 4) is 16.9 Å². The Labute approximate surface area is 155 Å². The Kier molecular flexibility index (Phi) is 4.20. The number of hydrogen-bond donors (Lipinski definition) is 2. The van der Waals surface area contributed by atoms with Gasteiger partial charge in [-0.1, -0.05) is 24.3 Å². The number of carbonyl (C=O) groups is 1. The Balaban J connectivity index is 1.95. The molecule has 27 heavy (non-hydrogen) atoms. The highest BCUT2D eigenvalue weighted by Crippen LogP contribution is 2.44. The van der Waals surface area contributed by atoms with E-state index < -0.39 is 11.7 Å². The fourth-order valence-electron chi connectivity index (χ4n) is 3.58. The van der Waals surface area contributed by atoms with Crippen LogP contribution < -0.4 is 16.0 Å². The molecule has 3 aromatic rings. The van der Waals surface area contributed by atoms with Crippen LogP contribution in [0.3, 0.4) is 0 Å². The van der Waals surface area contributed by atoms with Gasteiger partial charge in [0.25, 0.3) is 5.56 Å². The van der Waals surface area contributed by atoms with Crippen LogP contribution in [0.25, 0.3) is 16.6 Å². The summed E-state index contributed by atoms with van der Waals surface area (Å²) in [6.45, 7) is 2.48. The molecule has 6 heteroatoms. The van der Waals surface area contributed by atoms with E-state index in [0.717, 1.165) is 46.2 Å². The molecule has 0 unspecified atom stereocenters. The van der Waals surface area contributed by atoms with Crippen LogP contribution in [-0.4, -0.2) is 15.7 Å². The average Bonchev–Trinajstić information content (AvgIpc) is 3.49. The lowest BCUT2D eigenvalue weighted by Gasteiger charge is -2.16. The van der Waals surface area contributed by atoms with E-state index in [0.29, 0.717) is 12.5 Å². The Morgan fingerprint density at radius 2 is 1.96 bits per heavy atom. The minimum atomic E-state index is -1.48. The molecule has 0 amide bonds. The van der Waals surface area contributed by atoms with Crippen molar-refractivity contribution in [1.82, 2.24) is 4.40 Å². The molecule has 2 heterocycles. The number of aromatic nitrogens is 1. The molecule has 0 saturated heterocycles. The zero-order valence-corrected chi connectivity index (χ0v) is 14.9. The number of rotatable bonds is 4. The maximum Gasteiger partial charge on any atom is 0.511 e. The monoisotopic (exact) mass is 364 g/mol. The molecule has 1 aromatic carbocycles. The third-order valence-electron chi connectivity index (χ3n) is 5.10. The lowest BCUT2D eigenvalue weighted by Crippen LogP contribution is -2.20. The van der Waals surface area contributed by atoms with Crippen LogP contribution in [0, 0.1) is 6.92 Å². The number of hydrogen-bond acceptors (Lipinski definition) is 4. The summed E-state index contributed by atoms with van der Waals surface area (Å²) >= 11 is 0. The molecule has 1 saturated carbocycles. The lowest BCUT2D eigenvalue weighted by atomic mass is 9.97. The zero-order chi connectivity index (χ0) is 19.1. The highest BCUT2D eigenvalue weighted by Gasteiger charge is 2.29. The van der Waals surface area contributed by atoms with Gasteiger partial charge >= 0.3 is 6.16 Å². The SMILES string of the molecule is Cc1c(-c2ccc(CN)cc2)ccn2c(=O)c(OC(=O)O)cc(C3CC3)c12. The summed E-state index contributed by atoms with van der Waals surface area (Å²) in [4.78, 5) is 23.6. The van der Waals surface area contributed by atoms with Crippen molar-refractivity contribution >= 4 is 11.7 Å². The molecule has 3 N–H and O–H groups in total. The second kappa shape index (κ2) is 6.55. The number of aryl methyl sites for hydroxylation is 1. The first-order valence-electron chi connectivity index (χ1n) is 8.88. The fourth-order valence-corrected chi connectivity index (χ4v) is 3.58.